The van der Waals surface area contributed by atoms with Gasteiger partial charge in [-0.1, -0.05) is 29.8 Å². The lowest BCUT2D eigenvalue weighted by atomic mass is 10.0. The van der Waals surface area contributed by atoms with Crippen LogP contribution >= 0.6 is 0 Å². The van der Waals surface area contributed by atoms with Gasteiger partial charge in [-0.05, 0) is 31.0 Å². The van der Waals surface area contributed by atoms with E-state index in [4.69, 9.17) is 10.8 Å². The molecule has 0 aliphatic carbocycles. The van der Waals surface area contributed by atoms with Crippen LogP contribution in [0.4, 0.5) is 11.5 Å². The number of nitrogens with one attached hydrogen (secondary N) is 2. The van der Waals surface area contributed by atoms with E-state index in [1.54, 1.807) is 18.3 Å². The molecule has 1 amide bonds. The molecule has 0 aliphatic heterocycles. The van der Waals surface area contributed by atoms with Crippen molar-refractivity contribution in [1.82, 2.24) is 10.3 Å². The molecule has 0 saturated carbocycles. The number of pyridine rings is 1. The molecule has 0 saturated heterocycles. The van der Waals surface area contributed by atoms with Crippen molar-refractivity contribution in [2.45, 2.75) is 19.4 Å². The number of amides is 1. The number of hydrogen-bond acceptors (Lipinski definition) is 5. The molecule has 23 heavy (non-hydrogen) atoms. The molecule has 1 atom stereocenters. The maximum atomic E-state index is 11.3. The standard InChI is InChI=1S/C17H22N4O2/c1-12-4-6-13(7-5-12)9-14(10-20-16(23)11-22)21-17-15(18)3-2-8-19-17/h2-8,14,22H,9-11,18H2,1H3,(H,19,21)(H,20,23)/t14-/m0/s1. The number of carbonyl (C=O) groups is 1. The summed E-state index contributed by atoms with van der Waals surface area (Å²) in [5.41, 5.74) is 8.80. The van der Waals surface area contributed by atoms with E-state index in [0.29, 0.717) is 24.5 Å². The highest BCUT2D eigenvalue weighted by molar-refractivity contribution is 5.77. The maximum Gasteiger partial charge on any atom is 0.245 e. The molecular weight excluding hydrogens is 292 g/mol. The lowest BCUT2D eigenvalue weighted by molar-refractivity contribution is -0.123. The van der Waals surface area contributed by atoms with E-state index in [0.717, 1.165) is 5.56 Å². The van der Waals surface area contributed by atoms with Gasteiger partial charge in [0.1, 0.15) is 12.4 Å². The zero-order chi connectivity index (χ0) is 16.7. The van der Waals surface area contributed by atoms with Crippen LogP contribution in [0.5, 0.6) is 0 Å². The number of benzene rings is 1. The molecule has 6 heteroatoms. The Labute approximate surface area is 135 Å². The Morgan fingerprint density at radius 3 is 2.70 bits per heavy atom. The van der Waals surface area contributed by atoms with Gasteiger partial charge in [-0.25, -0.2) is 4.98 Å². The molecule has 5 N–H and O–H groups in total. The van der Waals surface area contributed by atoms with Gasteiger partial charge in [0.2, 0.25) is 5.91 Å². The summed E-state index contributed by atoms with van der Waals surface area (Å²) in [5, 5.41) is 14.8. The van der Waals surface area contributed by atoms with Crippen LogP contribution < -0.4 is 16.4 Å². The first-order chi connectivity index (χ1) is 11.1. The third-order valence-corrected chi connectivity index (χ3v) is 3.47. The number of aliphatic hydroxyl groups excluding tert-OH is 1. The second-order valence-electron chi connectivity index (χ2n) is 5.43. The zero-order valence-corrected chi connectivity index (χ0v) is 13.1. The van der Waals surface area contributed by atoms with Gasteiger partial charge in [-0.15, -0.1) is 0 Å². The van der Waals surface area contributed by atoms with Crippen molar-refractivity contribution in [3.8, 4) is 0 Å². The normalized spacial score (nSPS) is 11.7. The second kappa shape index (κ2) is 8.14. The van der Waals surface area contributed by atoms with E-state index in [1.165, 1.54) is 5.56 Å². The predicted octanol–water partition coefficient (Wildman–Crippen LogP) is 1.10. The summed E-state index contributed by atoms with van der Waals surface area (Å²) in [6.45, 7) is 1.88. The van der Waals surface area contributed by atoms with Crippen LogP contribution in [0, 0.1) is 6.92 Å². The van der Waals surface area contributed by atoms with Gasteiger partial charge >= 0.3 is 0 Å². The topological polar surface area (TPSA) is 100 Å². The zero-order valence-electron chi connectivity index (χ0n) is 13.1. The first-order valence-electron chi connectivity index (χ1n) is 7.48. The van der Waals surface area contributed by atoms with Gasteiger partial charge in [-0.3, -0.25) is 4.79 Å². The predicted molar refractivity (Wildman–Crippen MR) is 91.0 cm³/mol. The van der Waals surface area contributed by atoms with Crippen LogP contribution in [0.25, 0.3) is 0 Å². The largest absolute Gasteiger partial charge is 0.396 e. The SMILES string of the molecule is Cc1ccc(C[C@@H](CNC(=O)CO)Nc2ncccc2N)cc1. The first-order valence-corrected chi connectivity index (χ1v) is 7.48. The van der Waals surface area contributed by atoms with Crippen molar-refractivity contribution >= 4 is 17.4 Å². The molecule has 0 aliphatic rings. The highest BCUT2D eigenvalue weighted by Crippen LogP contribution is 2.16. The van der Waals surface area contributed by atoms with Gasteiger partial charge in [0.05, 0.1) is 5.69 Å². The number of nitrogens with two attached hydrogens (primary N) is 1. The van der Waals surface area contributed by atoms with Crippen LogP contribution in [0.3, 0.4) is 0 Å². The first kappa shape index (κ1) is 16.8. The van der Waals surface area contributed by atoms with E-state index in [2.05, 4.69) is 27.8 Å². The monoisotopic (exact) mass is 314 g/mol. The van der Waals surface area contributed by atoms with E-state index >= 15 is 0 Å². The highest BCUT2D eigenvalue weighted by Gasteiger charge is 2.13. The second-order valence-corrected chi connectivity index (χ2v) is 5.43. The van der Waals surface area contributed by atoms with E-state index in [9.17, 15) is 4.79 Å². The van der Waals surface area contributed by atoms with E-state index in [-0.39, 0.29) is 6.04 Å². The van der Waals surface area contributed by atoms with Gasteiger partial charge in [0.25, 0.3) is 0 Å². The van der Waals surface area contributed by atoms with Crippen molar-refractivity contribution in [3.05, 3.63) is 53.7 Å². The lowest BCUT2D eigenvalue weighted by Gasteiger charge is -2.21. The number of hydrogen-bond donors (Lipinski definition) is 4. The number of aromatic nitrogens is 1. The molecule has 2 aromatic rings. The van der Waals surface area contributed by atoms with Gasteiger partial charge < -0.3 is 21.5 Å². The average Bonchev–Trinajstić information content (AvgIpc) is 2.56. The Morgan fingerprint density at radius 1 is 1.30 bits per heavy atom. The number of nitrogen functional groups attached to an aromatic ring is 1. The quantitative estimate of drug-likeness (QED) is 0.613. The third-order valence-electron chi connectivity index (χ3n) is 3.47. The van der Waals surface area contributed by atoms with Crippen molar-refractivity contribution in [2.24, 2.45) is 0 Å². The minimum Gasteiger partial charge on any atom is -0.396 e. The number of aryl methyl sites for hydroxylation is 1. The molecule has 1 heterocycles. The van der Waals surface area contributed by atoms with Crippen LogP contribution in [0.2, 0.25) is 0 Å². The van der Waals surface area contributed by atoms with Crippen LogP contribution in [0.15, 0.2) is 42.6 Å². The Morgan fingerprint density at radius 2 is 2.04 bits per heavy atom. The van der Waals surface area contributed by atoms with Crippen molar-refractivity contribution in [3.63, 3.8) is 0 Å². The van der Waals surface area contributed by atoms with Crippen LogP contribution in [-0.2, 0) is 11.2 Å². The summed E-state index contributed by atoms with van der Waals surface area (Å²) < 4.78 is 0. The number of aliphatic hydroxyl groups is 1. The summed E-state index contributed by atoms with van der Waals surface area (Å²) in [6.07, 6.45) is 2.36. The molecule has 0 radical (unpaired) electrons. The molecule has 0 spiro atoms. The van der Waals surface area contributed by atoms with Crippen molar-refractivity contribution < 1.29 is 9.90 Å². The Kier molecular flexibility index (Phi) is 5.94. The molecular formula is C17H22N4O2. The Balaban J connectivity index is 2.09. The number of rotatable bonds is 7. The molecule has 2 rings (SSSR count). The van der Waals surface area contributed by atoms with E-state index < -0.39 is 12.5 Å². The highest BCUT2D eigenvalue weighted by atomic mass is 16.3. The van der Waals surface area contributed by atoms with Gasteiger partial charge in [-0.2, -0.15) is 0 Å². The number of nitrogens with zero attached hydrogens (tertiary/aromatic N) is 1. The van der Waals surface area contributed by atoms with Crippen molar-refractivity contribution in [2.75, 3.05) is 24.2 Å². The molecule has 0 bridgehead atoms. The van der Waals surface area contributed by atoms with Crippen molar-refractivity contribution in [1.29, 1.82) is 0 Å². The third kappa shape index (κ3) is 5.27. The molecule has 1 aromatic carbocycles. The lowest BCUT2D eigenvalue weighted by Crippen LogP contribution is -2.39. The fourth-order valence-electron chi connectivity index (χ4n) is 2.21. The molecule has 6 nitrogen and oxygen atoms in total. The summed E-state index contributed by atoms with van der Waals surface area (Å²) in [6, 6.07) is 11.7. The number of carbonyl (C=O) groups excluding carboxylic acids is 1. The fourth-order valence-corrected chi connectivity index (χ4v) is 2.21. The summed E-state index contributed by atoms with van der Waals surface area (Å²) in [7, 11) is 0. The smallest absolute Gasteiger partial charge is 0.245 e. The number of anilines is 2. The summed E-state index contributed by atoms with van der Waals surface area (Å²) in [4.78, 5) is 15.5. The Bertz CT molecular complexity index is 643. The van der Waals surface area contributed by atoms with Crippen LogP contribution in [-0.4, -0.2) is 35.2 Å². The Hall–Kier alpha value is -2.60. The van der Waals surface area contributed by atoms with Gasteiger partial charge in [0.15, 0.2) is 0 Å². The summed E-state index contributed by atoms with van der Waals surface area (Å²) >= 11 is 0. The maximum absolute atomic E-state index is 11.3. The van der Waals surface area contributed by atoms with E-state index in [1.807, 2.05) is 19.1 Å². The molecule has 0 unspecified atom stereocenters. The molecule has 1 aromatic heterocycles. The van der Waals surface area contributed by atoms with Gasteiger partial charge in [0, 0.05) is 18.8 Å². The minimum absolute atomic E-state index is 0.0922. The average molecular weight is 314 g/mol. The summed E-state index contributed by atoms with van der Waals surface area (Å²) in [5.74, 6) is 0.178. The van der Waals surface area contributed by atoms with Crippen LogP contribution in [0.1, 0.15) is 11.1 Å². The molecule has 122 valence electrons. The molecule has 0 fully saturated rings. The minimum atomic E-state index is -0.525. The fraction of sp³-hybridized carbons (Fsp3) is 0.294.